The first-order valence-corrected chi connectivity index (χ1v) is 13.5. The molecule has 0 spiro atoms. The van der Waals surface area contributed by atoms with Gasteiger partial charge in [0.1, 0.15) is 17.7 Å². The van der Waals surface area contributed by atoms with Crippen molar-refractivity contribution in [2.75, 3.05) is 19.6 Å². The second-order valence-electron chi connectivity index (χ2n) is 12.4. The van der Waals surface area contributed by atoms with Crippen LogP contribution in [0.15, 0.2) is 0 Å². The molecule has 3 aliphatic rings. The Bertz CT molecular complexity index is 1000. The van der Waals surface area contributed by atoms with E-state index in [0.29, 0.717) is 19.4 Å². The van der Waals surface area contributed by atoms with Gasteiger partial charge >= 0.3 is 12.5 Å². The second kappa shape index (κ2) is 11.2. The molecule has 2 saturated heterocycles. The summed E-state index contributed by atoms with van der Waals surface area (Å²) in [5, 5.41) is 5.82. The summed E-state index contributed by atoms with van der Waals surface area (Å²) in [7, 11) is 0. The van der Waals surface area contributed by atoms with E-state index in [-0.39, 0.29) is 36.2 Å². The highest BCUT2D eigenvalue weighted by atomic mass is 19.3. The largest absolute Gasteiger partial charge is 0.442 e. The van der Waals surface area contributed by atoms with Gasteiger partial charge in [-0.1, -0.05) is 34.1 Å². The van der Waals surface area contributed by atoms with Gasteiger partial charge in [-0.15, -0.1) is 0 Å². The lowest BCUT2D eigenvalue weighted by Gasteiger charge is -2.36. The molecule has 39 heavy (non-hydrogen) atoms. The van der Waals surface area contributed by atoms with E-state index in [2.05, 4.69) is 16.1 Å². The molecule has 3 rings (SSSR count). The summed E-state index contributed by atoms with van der Waals surface area (Å²) >= 11 is 0. The van der Waals surface area contributed by atoms with E-state index in [9.17, 15) is 32.8 Å². The van der Waals surface area contributed by atoms with Gasteiger partial charge in [-0.3, -0.25) is 24.6 Å². The highest BCUT2D eigenvalue weighted by Gasteiger charge is 2.69. The minimum atomic E-state index is -3.29. The molecule has 1 saturated carbocycles. The Morgan fingerprint density at radius 1 is 1.23 bits per heavy atom. The number of likely N-dealkylation sites (tertiary alicyclic amines) is 1. The van der Waals surface area contributed by atoms with Crippen molar-refractivity contribution in [2.24, 2.45) is 29.1 Å². The van der Waals surface area contributed by atoms with Gasteiger partial charge in [0.05, 0.1) is 12.5 Å². The molecular weight excluding hydrogens is 516 g/mol. The number of nitrogens with one attached hydrogen (secondary N) is 3. The smallest absolute Gasteiger partial charge is 0.429 e. The minimum absolute atomic E-state index is 0.0174. The van der Waals surface area contributed by atoms with Crippen LogP contribution in [0.5, 0.6) is 0 Å². The molecular formula is C26H41F2N5O6. The highest BCUT2D eigenvalue weighted by Crippen LogP contribution is 2.65. The van der Waals surface area contributed by atoms with E-state index in [0.717, 1.165) is 5.01 Å². The van der Waals surface area contributed by atoms with Crippen molar-refractivity contribution in [1.29, 1.82) is 0 Å². The summed E-state index contributed by atoms with van der Waals surface area (Å²) < 4.78 is 31.5. The van der Waals surface area contributed by atoms with Crippen molar-refractivity contribution >= 4 is 29.7 Å². The first kappa shape index (κ1) is 30.6. The molecule has 3 fully saturated rings. The van der Waals surface area contributed by atoms with Gasteiger partial charge in [0.15, 0.2) is 0 Å². The van der Waals surface area contributed by atoms with E-state index in [1.54, 1.807) is 34.6 Å². The first-order valence-electron chi connectivity index (χ1n) is 13.5. The number of amides is 5. The van der Waals surface area contributed by atoms with Crippen molar-refractivity contribution in [1.82, 2.24) is 26.0 Å². The maximum absolute atomic E-state index is 13.8. The zero-order valence-corrected chi connectivity index (χ0v) is 23.7. The predicted octanol–water partition coefficient (Wildman–Crippen LogP) is 1.67. The van der Waals surface area contributed by atoms with Crippen LogP contribution in [0.3, 0.4) is 0 Å². The minimum Gasteiger partial charge on any atom is -0.442 e. The lowest BCUT2D eigenvalue weighted by Crippen LogP contribution is -2.60. The number of hydrogen-bond acceptors (Lipinski definition) is 6. The molecule has 13 heteroatoms. The Morgan fingerprint density at radius 2 is 1.87 bits per heavy atom. The van der Waals surface area contributed by atoms with Crippen LogP contribution in [0, 0.1) is 29.1 Å². The molecule has 6 atom stereocenters. The summed E-state index contributed by atoms with van der Waals surface area (Å²) in [6.07, 6.45) is -3.23. The zero-order chi connectivity index (χ0) is 29.4. The molecule has 3 N–H and O–H groups in total. The number of hydrazine groups is 1. The summed E-state index contributed by atoms with van der Waals surface area (Å²) in [5.74, 6) is -4.34. The van der Waals surface area contributed by atoms with Gasteiger partial charge in [-0.05, 0) is 50.4 Å². The van der Waals surface area contributed by atoms with Crippen LogP contribution in [0.2, 0.25) is 0 Å². The van der Waals surface area contributed by atoms with Gasteiger partial charge in [-0.2, -0.15) is 8.78 Å². The number of carbonyl (C=O) groups is 5. The Balaban J connectivity index is 1.86. The number of piperidine rings is 1. The van der Waals surface area contributed by atoms with Gasteiger partial charge in [0.2, 0.25) is 11.8 Å². The topological polar surface area (TPSA) is 137 Å². The maximum Gasteiger partial charge on any atom is 0.429 e. The van der Waals surface area contributed by atoms with Crippen molar-refractivity contribution < 1.29 is 37.5 Å². The van der Waals surface area contributed by atoms with Gasteiger partial charge in [0.25, 0.3) is 11.8 Å². The molecule has 0 aromatic carbocycles. The van der Waals surface area contributed by atoms with Crippen molar-refractivity contribution in [2.45, 2.75) is 85.4 Å². The molecule has 0 aromatic rings. The molecule has 5 amide bonds. The van der Waals surface area contributed by atoms with Crippen LogP contribution in [-0.2, 0) is 23.9 Å². The second-order valence-corrected chi connectivity index (χ2v) is 12.4. The average Bonchev–Trinajstić information content (AvgIpc) is 3.19. The number of fused-ring (bicyclic) bond motifs is 1. The third-order valence-electron chi connectivity index (χ3n) is 8.16. The zero-order valence-electron chi connectivity index (χ0n) is 23.7. The monoisotopic (exact) mass is 557 g/mol. The number of halogens is 2. The van der Waals surface area contributed by atoms with Crippen molar-refractivity contribution in [3.63, 3.8) is 0 Å². The van der Waals surface area contributed by atoms with Crippen LogP contribution in [0.25, 0.3) is 0 Å². The Hall–Kier alpha value is -2.99. The molecule has 0 bridgehead atoms. The van der Waals surface area contributed by atoms with Gasteiger partial charge in [-0.25, -0.2) is 9.80 Å². The summed E-state index contributed by atoms with van der Waals surface area (Å²) in [6.45, 7) is 12.9. The predicted molar refractivity (Wildman–Crippen MR) is 136 cm³/mol. The molecule has 2 aliphatic heterocycles. The SMILES string of the molecule is CC[C@@H](C)[C@H](NC(=O)C(F)F)C(=O)N1C[C@H]2[C@@H]([C@H]1C(=O)NN(C[C@@H]1CCNC1=O)C(=O)OC(C)(C)C)C2(C)C. The molecule has 1 aliphatic carbocycles. The first-order chi connectivity index (χ1) is 18.0. The summed E-state index contributed by atoms with van der Waals surface area (Å²) in [4.78, 5) is 65.8. The van der Waals surface area contributed by atoms with Gasteiger partial charge in [0, 0.05) is 13.1 Å². The summed E-state index contributed by atoms with van der Waals surface area (Å²) in [5.41, 5.74) is 1.45. The molecule has 0 radical (unpaired) electrons. The molecule has 220 valence electrons. The number of rotatable bonds is 8. The molecule has 2 heterocycles. The van der Waals surface area contributed by atoms with E-state index >= 15 is 0 Å². The number of carbonyl (C=O) groups excluding carboxylic acids is 5. The van der Waals surface area contributed by atoms with E-state index in [1.807, 2.05) is 13.8 Å². The molecule has 0 aromatic heterocycles. The van der Waals surface area contributed by atoms with Crippen LogP contribution < -0.4 is 16.1 Å². The fourth-order valence-electron chi connectivity index (χ4n) is 5.61. The quantitative estimate of drug-likeness (QED) is 0.389. The highest BCUT2D eigenvalue weighted by molar-refractivity contribution is 5.94. The summed E-state index contributed by atoms with van der Waals surface area (Å²) in [6, 6.07) is -2.24. The lowest BCUT2D eigenvalue weighted by atomic mass is 9.95. The normalized spacial score (nSPS) is 26.8. The Labute approximate surface area is 227 Å². The number of nitrogens with zero attached hydrogens (tertiary/aromatic N) is 2. The fraction of sp³-hybridized carbons (Fsp3) is 0.808. The van der Waals surface area contributed by atoms with Crippen molar-refractivity contribution in [3.8, 4) is 0 Å². The number of hydrogen-bond donors (Lipinski definition) is 3. The lowest BCUT2D eigenvalue weighted by molar-refractivity contribution is -0.147. The van der Waals surface area contributed by atoms with Gasteiger partial charge < -0.3 is 20.3 Å². The fourth-order valence-corrected chi connectivity index (χ4v) is 5.61. The Kier molecular flexibility index (Phi) is 8.81. The van der Waals surface area contributed by atoms with E-state index in [4.69, 9.17) is 4.74 Å². The molecule has 11 nitrogen and oxygen atoms in total. The number of alkyl halides is 2. The maximum atomic E-state index is 13.8. The molecule has 0 unspecified atom stereocenters. The van der Waals surface area contributed by atoms with Crippen LogP contribution >= 0.6 is 0 Å². The number of ether oxygens (including phenoxy) is 1. The average molecular weight is 558 g/mol. The van der Waals surface area contributed by atoms with E-state index in [1.165, 1.54) is 4.90 Å². The Morgan fingerprint density at radius 3 is 2.38 bits per heavy atom. The van der Waals surface area contributed by atoms with Crippen LogP contribution in [-0.4, -0.2) is 83.4 Å². The standard InChI is InChI=1S/C26H41F2N5O6/c1-8-13(2)17(30-22(36)19(27)28)23(37)32-12-15-16(26(15,6)7)18(32)21(35)31-33(24(38)39-25(3,4)5)11-14-9-10-29-20(14)34/h13-19H,8-12H2,1-7H3,(H,29,34)(H,30,36)(H,31,35)/t13-,14+,15+,16+,17+,18+/m1/s1. The van der Waals surface area contributed by atoms with Crippen LogP contribution in [0.4, 0.5) is 13.6 Å². The van der Waals surface area contributed by atoms with Crippen LogP contribution in [0.1, 0.15) is 61.3 Å². The third-order valence-corrected chi connectivity index (χ3v) is 8.16. The van der Waals surface area contributed by atoms with Crippen molar-refractivity contribution in [3.05, 3.63) is 0 Å². The van der Waals surface area contributed by atoms with E-state index < -0.39 is 59.8 Å². The third kappa shape index (κ3) is 6.60.